The molecule has 1 aliphatic heterocycles. The lowest BCUT2D eigenvalue weighted by Gasteiger charge is -2.30. The van der Waals surface area contributed by atoms with Gasteiger partial charge in [0.05, 0.1) is 6.26 Å². The second kappa shape index (κ2) is 6.01. The molecule has 3 heterocycles. The summed E-state index contributed by atoms with van der Waals surface area (Å²) in [5, 5.41) is 0. The van der Waals surface area contributed by atoms with Gasteiger partial charge < -0.3 is 4.57 Å². The fourth-order valence-corrected chi connectivity index (χ4v) is 3.92. The van der Waals surface area contributed by atoms with Crippen LogP contribution in [0.25, 0.3) is 11.5 Å². The van der Waals surface area contributed by atoms with Crippen molar-refractivity contribution in [1.82, 2.24) is 23.8 Å². The average molecular weight is 335 g/mol. The molecule has 1 atom stereocenters. The van der Waals surface area contributed by atoms with E-state index in [-0.39, 0.29) is 5.92 Å². The highest BCUT2D eigenvalue weighted by molar-refractivity contribution is 7.88. The van der Waals surface area contributed by atoms with Crippen molar-refractivity contribution in [2.45, 2.75) is 25.7 Å². The lowest BCUT2D eigenvalue weighted by Crippen LogP contribution is -2.38. The monoisotopic (exact) mass is 335 g/mol. The Morgan fingerprint density at radius 2 is 2.09 bits per heavy atom. The molecule has 0 spiro atoms. The van der Waals surface area contributed by atoms with Crippen molar-refractivity contribution < 1.29 is 8.42 Å². The summed E-state index contributed by atoms with van der Waals surface area (Å²) in [5.74, 6) is 1.56. The molecule has 2 aromatic heterocycles. The zero-order valence-corrected chi connectivity index (χ0v) is 14.4. The molecule has 1 saturated heterocycles. The van der Waals surface area contributed by atoms with Crippen molar-refractivity contribution >= 4 is 10.0 Å². The van der Waals surface area contributed by atoms with Crippen LogP contribution in [0.15, 0.2) is 18.5 Å². The highest BCUT2D eigenvalue weighted by atomic mass is 32.2. The first-order valence-corrected chi connectivity index (χ1v) is 9.48. The smallest absolute Gasteiger partial charge is 0.211 e. The van der Waals surface area contributed by atoms with Crippen LogP contribution >= 0.6 is 0 Å². The maximum atomic E-state index is 11.8. The molecule has 8 heteroatoms. The van der Waals surface area contributed by atoms with Crippen LogP contribution < -0.4 is 0 Å². The van der Waals surface area contributed by atoms with E-state index < -0.39 is 10.0 Å². The average Bonchev–Trinajstić information content (AvgIpc) is 2.92. The maximum absolute atomic E-state index is 11.8. The quantitative estimate of drug-likeness (QED) is 0.845. The maximum Gasteiger partial charge on any atom is 0.211 e. The van der Waals surface area contributed by atoms with Crippen molar-refractivity contribution in [3.05, 3.63) is 30.0 Å². The molecule has 0 unspecified atom stereocenters. The van der Waals surface area contributed by atoms with Gasteiger partial charge in [0.2, 0.25) is 10.0 Å². The highest BCUT2D eigenvalue weighted by Gasteiger charge is 2.28. The summed E-state index contributed by atoms with van der Waals surface area (Å²) in [4.78, 5) is 13.4. The number of hydrogen-bond acceptors (Lipinski definition) is 5. The number of sulfonamides is 1. The van der Waals surface area contributed by atoms with Crippen LogP contribution in [0.3, 0.4) is 0 Å². The number of aromatic nitrogens is 4. The van der Waals surface area contributed by atoms with Gasteiger partial charge in [-0.25, -0.2) is 27.7 Å². The molecule has 3 rings (SSSR count). The lowest BCUT2D eigenvalue weighted by molar-refractivity contribution is 0.314. The van der Waals surface area contributed by atoms with E-state index in [2.05, 4.69) is 15.0 Å². The summed E-state index contributed by atoms with van der Waals surface area (Å²) in [6.45, 7) is 2.92. The molecule has 1 aliphatic rings. The van der Waals surface area contributed by atoms with E-state index in [1.54, 1.807) is 10.5 Å². The molecule has 0 saturated carbocycles. The molecular formula is C15H21N5O2S. The summed E-state index contributed by atoms with van der Waals surface area (Å²) >= 11 is 0. The predicted octanol–water partition coefficient (Wildman–Crippen LogP) is 1.32. The molecule has 0 aliphatic carbocycles. The third-order valence-corrected chi connectivity index (χ3v) is 5.45. The molecule has 0 amide bonds. The first-order valence-electron chi connectivity index (χ1n) is 7.63. The van der Waals surface area contributed by atoms with Gasteiger partial charge in [-0.1, -0.05) is 0 Å². The van der Waals surface area contributed by atoms with Crippen molar-refractivity contribution in [3.8, 4) is 11.5 Å². The Hall–Kier alpha value is -1.80. The zero-order valence-electron chi connectivity index (χ0n) is 13.6. The molecule has 0 radical (unpaired) electrons. The minimum Gasteiger partial charge on any atom is -0.333 e. The van der Waals surface area contributed by atoms with Crippen molar-refractivity contribution in [1.29, 1.82) is 0 Å². The molecule has 7 nitrogen and oxygen atoms in total. The standard InChI is InChI=1S/C15H21N5O2S/c1-11-17-13(9-14(18-11)15-16-6-8-19(15)2)12-5-4-7-20(10-12)23(3,21)22/h6,8-9,12H,4-5,7,10H2,1-3H3/t12-/m1/s1. The topological polar surface area (TPSA) is 81.0 Å². The van der Waals surface area contributed by atoms with E-state index >= 15 is 0 Å². The van der Waals surface area contributed by atoms with Gasteiger partial charge >= 0.3 is 0 Å². The van der Waals surface area contributed by atoms with Crippen LogP contribution in [0, 0.1) is 6.92 Å². The number of piperidine rings is 1. The van der Waals surface area contributed by atoms with Crippen LogP contribution in [-0.2, 0) is 17.1 Å². The van der Waals surface area contributed by atoms with Gasteiger partial charge in [-0.15, -0.1) is 0 Å². The number of hydrogen-bond donors (Lipinski definition) is 0. The van der Waals surface area contributed by atoms with Crippen LogP contribution in [0.1, 0.15) is 30.3 Å². The SMILES string of the molecule is Cc1nc(-c2nccn2C)cc([C@@H]2CCCN(S(C)(=O)=O)C2)n1. The van der Waals surface area contributed by atoms with Crippen molar-refractivity contribution in [2.24, 2.45) is 7.05 Å². The molecule has 1 fully saturated rings. The second-order valence-electron chi connectivity index (χ2n) is 6.05. The third kappa shape index (κ3) is 3.42. The second-order valence-corrected chi connectivity index (χ2v) is 8.03. The minimum absolute atomic E-state index is 0.0965. The normalized spacial score (nSPS) is 19.9. The van der Waals surface area contributed by atoms with Gasteiger partial charge in [-0.2, -0.15) is 0 Å². The molecule has 0 aromatic carbocycles. The van der Waals surface area contributed by atoms with E-state index in [1.807, 2.05) is 30.8 Å². The summed E-state index contributed by atoms with van der Waals surface area (Å²) in [6, 6.07) is 1.94. The number of imidazole rings is 1. The summed E-state index contributed by atoms with van der Waals surface area (Å²) in [6.07, 6.45) is 6.65. The third-order valence-electron chi connectivity index (χ3n) is 4.18. The Morgan fingerprint density at radius 1 is 1.30 bits per heavy atom. The molecule has 0 bridgehead atoms. The van der Waals surface area contributed by atoms with Gasteiger partial charge in [-0.3, -0.25) is 0 Å². The Labute approximate surface area is 136 Å². The van der Waals surface area contributed by atoms with Gasteiger partial charge in [0.25, 0.3) is 0 Å². The first-order chi connectivity index (χ1) is 10.8. The molecular weight excluding hydrogens is 314 g/mol. The highest BCUT2D eigenvalue weighted by Crippen LogP contribution is 2.28. The summed E-state index contributed by atoms with van der Waals surface area (Å²) < 4.78 is 27.1. The number of rotatable bonds is 3. The molecule has 0 N–H and O–H groups in total. The van der Waals surface area contributed by atoms with Gasteiger partial charge in [0, 0.05) is 44.1 Å². The van der Waals surface area contributed by atoms with Crippen molar-refractivity contribution in [2.75, 3.05) is 19.3 Å². The van der Waals surface area contributed by atoms with Crippen LogP contribution in [0.2, 0.25) is 0 Å². The Balaban J connectivity index is 1.94. The Bertz CT molecular complexity index is 815. The van der Waals surface area contributed by atoms with E-state index in [4.69, 9.17) is 0 Å². The number of nitrogens with zero attached hydrogens (tertiary/aromatic N) is 5. The van der Waals surface area contributed by atoms with Crippen LogP contribution in [0.5, 0.6) is 0 Å². The Morgan fingerprint density at radius 3 is 2.74 bits per heavy atom. The van der Waals surface area contributed by atoms with Crippen LogP contribution in [0.4, 0.5) is 0 Å². The largest absolute Gasteiger partial charge is 0.333 e. The van der Waals surface area contributed by atoms with Crippen LogP contribution in [-0.4, -0.2) is 51.6 Å². The van der Waals surface area contributed by atoms with Gasteiger partial charge in [0.15, 0.2) is 5.82 Å². The molecule has 23 heavy (non-hydrogen) atoms. The Kier molecular flexibility index (Phi) is 4.20. The van der Waals surface area contributed by atoms with Gasteiger partial charge in [-0.05, 0) is 25.8 Å². The zero-order chi connectivity index (χ0) is 16.6. The van der Waals surface area contributed by atoms with E-state index in [0.717, 1.165) is 30.1 Å². The number of aryl methyl sites for hydroxylation is 2. The minimum atomic E-state index is -3.16. The molecule has 124 valence electrons. The first kappa shape index (κ1) is 16.1. The molecule has 2 aromatic rings. The predicted molar refractivity (Wildman–Crippen MR) is 87.4 cm³/mol. The fourth-order valence-electron chi connectivity index (χ4n) is 3.01. The fraction of sp³-hybridized carbons (Fsp3) is 0.533. The van der Waals surface area contributed by atoms with E-state index in [1.165, 1.54) is 6.26 Å². The van der Waals surface area contributed by atoms with E-state index in [9.17, 15) is 8.42 Å². The van der Waals surface area contributed by atoms with Gasteiger partial charge in [0.1, 0.15) is 11.5 Å². The van der Waals surface area contributed by atoms with E-state index in [0.29, 0.717) is 18.9 Å². The van der Waals surface area contributed by atoms with Crippen molar-refractivity contribution in [3.63, 3.8) is 0 Å². The summed E-state index contributed by atoms with van der Waals surface area (Å²) in [7, 11) is -1.24. The lowest BCUT2D eigenvalue weighted by atomic mass is 9.95. The summed E-state index contributed by atoms with van der Waals surface area (Å²) in [5.41, 5.74) is 1.67.